The second-order valence-electron chi connectivity index (χ2n) is 5.10. The third kappa shape index (κ3) is 2.50. The molecule has 2 aromatic heterocycles. The van der Waals surface area contributed by atoms with E-state index in [4.69, 9.17) is 10.3 Å². The molecule has 0 saturated carbocycles. The minimum atomic E-state index is 0.429. The third-order valence-corrected chi connectivity index (χ3v) is 3.32. The van der Waals surface area contributed by atoms with Crippen LogP contribution in [0.5, 0.6) is 0 Å². The predicted molar refractivity (Wildman–Crippen MR) is 81.6 cm³/mol. The maximum absolute atomic E-state index is 6.07. The zero-order chi connectivity index (χ0) is 15.0. The minimum absolute atomic E-state index is 0.429. The summed E-state index contributed by atoms with van der Waals surface area (Å²) in [6.45, 7) is 5.83. The summed E-state index contributed by atoms with van der Waals surface area (Å²) in [5.41, 5.74) is 11.2. The van der Waals surface area contributed by atoms with Gasteiger partial charge in [-0.1, -0.05) is 17.3 Å². The summed E-state index contributed by atoms with van der Waals surface area (Å²) in [4.78, 5) is 8.79. The first-order valence-electron chi connectivity index (χ1n) is 6.69. The number of aromatic nitrogens is 3. The van der Waals surface area contributed by atoms with E-state index in [1.54, 1.807) is 0 Å². The predicted octanol–water partition coefficient (Wildman–Crippen LogP) is 3.31. The highest BCUT2D eigenvalue weighted by Gasteiger charge is 2.14. The number of benzene rings is 1. The lowest BCUT2D eigenvalue weighted by atomic mass is 10.1. The molecule has 0 aliphatic carbocycles. The van der Waals surface area contributed by atoms with Gasteiger partial charge in [0.25, 0.3) is 5.89 Å². The number of anilines is 1. The van der Waals surface area contributed by atoms with Crippen LogP contribution in [0.2, 0.25) is 0 Å². The fourth-order valence-electron chi connectivity index (χ4n) is 2.28. The molecule has 0 radical (unpaired) electrons. The maximum atomic E-state index is 6.07. The molecule has 2 N–H and O–H groups in total. The number of pyridine rings is 1. The van der Waals surface area contributed by atoms with E-state index >= 15 is 0 Å². The molecule has 5 nitrogen and oxygen atoms in total. The SMILES string of the molecule is Cc1cc(-c2noc(-c3cccc(C)c3N)n2)cc(C)n1. The summed E-state index contributed by atoms with van der Waals surface area (Å²) < 4.78 is 5.36. The van der Waals surface area contributed by atoms with Crippen molar-refractivity contribution < 1.29 is 4.52 Å². The van der Waals surface area contributed by atoms with Crippen molar-refractivity contribution in [2.24, 2.45) is 0 Å². The number of aryl methyl sites for hydroxylation is 3. The fourth-order valence-corrected chi connectivity index (χ4v) is 2.28. The second kappa shape index (κ2) is 5.01. The van der Waals surface area contributed by atoms with Crippen molar-refractivity contribution in [3.05, 3.63) is 47.3 Å². The highest BCUT2D eigenvalue weighted by molar-refractivity contribution is 5.74. The molecule has 0 aliphatic heterocycles. The fraction of sp³-hybridized carbons (Fsp3) is 0.188. The monoisotopic (exact) mass is 280 g/mol. The number of hydrogen-bond acceptors (Lipinski definition) is 5. The Morgan fingerprint density at radius 2 is 1.71 bits per heavy atom. The van der Waals surface area contributed by atoms with Crippen LogP contribution in [0.3, 0.4) is 0 Å². The van der Waals surface area contributed by atoms with E-state index in [1.807, 2.05) is 51.1 Å². The first-order valence-corrected chi connectivity index (χ1v) is 6.69. The van der Waals surface area contributed by atoms with E-state index < -0.39 is 0 Å². The van der Waals surface area contributed by atoms with Gasteiger partial charge in [0.05, 0.1) is 5.56 Å². The van der Waals surface area contributed by atoms with Gasteiger partial charge in [-0.05, 0) is 44.5 Å². The summed E-state index contributed by atoms with van der Waals surface area (Å²) in [5, 5.41) is 4.05. The van der Waals surface area contributed by atoms with Crippen LogP contribution in [0.15, 0.2) is 34.9 Å². The summed E-state index contributed by atoms with van der Waals surface area (Å²) >= 11 is 0. The maximum Gasteiger partial charge on any atom is 0.260 e. The van der Waals surface area contributed by atoms with Crippen LogP contribution in [0.4, 0.5) is 5.69 Å². The molecule has 1 aromatic carbocycles. The summed E-state index contributed by atoms with van der Waals surface area (Å²) in [6, 6.07) is 9.61. The highest BCUT2D eigenvalue weighted by Crippen LogP contribution is 2.28. The Labute approximate surface area is 122 Å². The number of hydrogen-bond donors (Lipinski definition) is 1. The van der Waals surface area contributed by atoms with Crippen molar-refractivity contribution in [2.45, 2.75) is 20.8 Å². The van der Waals surface area contributed by atoms with E-state index in [1.165, 1.54) is 0 Å². The molecular formula is C16H16N4O. The van der Waals surface area contributed by atoms with Crippen LogP contribution in [-0.2, 0) is 0 Å². The van der Waals surface area contributed by atoms with E-state index in [0.717, 1.165) is 28.1 Å². The Hall–Kier alpha value is -2.69. The van der Waals surface area contributed by atoms with Gasteiger partial charge in [-0.25, -0.2) is 0 Å². The molecule has 106 valence electrons. The highest BCUT2D eigenvalue weighted by atomic mass is 16.5. The molecule has 3 rings (SSSR count). The molecule has 0 bridgehead atoms. The number of para-hydroxylation sites is 1. The Morgan fingerprint density at radius 3 is 2.43 bits per heavy atom. The lowest BCUT2D eigenvalue weighted by molar-refractivity contribution is 0.432. The summed E-state index contributed by atoms with van der Waals surface area (Å²) in [5.74, 6) is 0.970. The standard InChI is InChI=1S/C16H16N4O/c1-9-5-4-6-13(14(9)17)16-19-15(20-21-16)12-7-10(2)18-11(3)8-12/h4-8H,17H2,1-3H3. The van der Waals surface area contributed by atoms with Crippen molar-refractivity contribution in [2.75, 3.05) is 5.73 Å². The third-order valence-electron chi connectivity index (χ3n) is 3.32. The largest absolute Gasteiger partial charge is 0.398 e. The quantitative estimate of drug-likeness (QED) is 0.729. The van der Waals surface area contributed by atoms with Crippen LogP contribution >= 0.6 is 0 Å². The topological polar surface area (TPSA) is 77.8 Å². The average molecular weight is 280 g/mol. The molecule has 3 aromatic rings. The van der Waals surface area contributed by atoms with Gasteiger partial charge in [0.15, 0.2) is 0 Å². The molecular weight excluding hydrogens is 264 g/mol. The van der Waals surface area contributed by atoms with E-state index in [9.17, 15) is 0 Å². The van der Waals surface area contributed by atoms with E-state index in [0.29, 0.717) is 17.4 Å². The number of nitrogens with zero attached hydrogens (tertiary/aromatic N) is 3. The normalized spacial score (nSPS) is 10.8. The van der Waals surface area contributed by atoms with Crippen LogP contribution in [0.1, 0.15) is 17.0 Å². The Morgan fingerprint density at radius 1 is 1.00 bits per heavy atom. The molecule has 21 heavy (non-hydrogen) atoms. The summed E-state index contributed by atoms with van der Waals surface area (Å²) in [6.07, 6.45) is 0. The lowest BCUT2D eigenvalue weighted by Gasteiger charge is -2.03. The first kappa shape index (κ1) is 13.3. The van der Waals surface area contributed by atoms with Gasteiger partial charge in [0.2, 0.25) is 5.82 Å². The molecule has 5 heteroatoms. The lowest BCUT2D eigenvalue weighted by Crippen LogP contribution is -1.93. The summed E-state index contributed by atoms with van der Waals surface area (Å²) in [7, 11) is 0. The van der Waals surface area contributed by atoms with Gasteiger partial charge in [0, 0.05) is 22.6 Å². The number of nitrogens with two attached hydrogens (primary N) is 1. The molecule has 0 unspecified atom stereocenters. The second-order valence-corrected chi connectivity index (χ2v) is 5.10. The molecule has 0 amide bonds. The van der Waals surface area contributed by atoms with Crippen molar-refractivity contribution in [3.8, 4) is 22.8 Å². The molecule has 0 spiro atoms. The van der Waals surface area contributed by atoms with Crippen molar-refractivity contribution >= 4 is 5.69 Å². The van der Waals surface area contributed by atoms with Crippen molar-refractivity contribution in [1.82, 2.24) is 15.1 Å². The van der Waals surface area contributed by atoms with Crippen LogP contribution < -0.4 is 5.73 Å². The van der Waals surface area contributed by atoms with Gasteiger partial charge in [-0.2, -0.15) is 4.98 Å². The van der Waals surface area contributed by atoms with Crippen molar-refractivity contribution in [1.29, 1.82) is 0 Å². The number of rotatable bonds is 2. The molecule has 0 aliphatic rings. The zero-order valence-corrected chi connectivity index (χ0v) is 12.2. The van der Waals surface area contributed by atoms with Gasteiger partial charge in [0.1, 0.15) is 0 Å². The van der Waals surface area contributed by atoms with Gasteiger partial charge in [-0.3, -0.25) is 4.98 Å². The van der Waals surface area contributed by atoms with Gasteiger partial charge in [-0.15, -0.1) is 0 Å². The van der Waals surface area contributed by atoms with Crippen LogP contribution in [-0.4, -0.2) is 15.1 Å². The molecule has 0 fully saturated rings. The van der Waals surface area contributed by atoms with Crippen LogP contribution in [0.25, 0.3) is 22.8 Å². The minimum Gasteiger partial charge on any atom is -0.398 e. The Balaban J connectivity index is 2.06. The van der Waals surface area contributed by atoms with Crippen molar-refractivity contribution in [3.63, 3.8) is 0 Å². The Kier molecular flexibility index (Phi) is 3.17. The smallest absolute Gasteiger partial charge is 0.260 e. The zero-order valence-electron chi connectivity index (χ0n) is 12.2. The van der Waals surface area contributed by atoms with E-state index in [-0.39, 0.29) is 0 Å². The van der Waals surface area contributed by atoms with E-state index in [2.05, 4.69) is 15.1 Å². The average Bonchev–Trinajstić information content (AvgIpc) is 2.90. The first-order chi connectivity index (χ1) is 10.0. The number of nitrogen functional groups attached to an aromatic ring is 1. The van der Waals surface area contributed by atoms with Gasteiger partial charge >= 0.3 is 0 Å². The Bertz CT molecular complexity index is 788. The molecule has 2 heterocycles. The van der Waals surface area contributed by atoms with Gasteiger partial charge < -0.3 is 10.3 Å². The van der Waals surface area contributed by atoms with Crippen LogP contribution in [0, 0.1) is 20.8 Å². The molecule has 0 atom stereocenters. The molecule has 0 saturated heterocycles.